The van der Waals surface area contributed by atoms with Crippen LogP contribution in [0.4, 0.5) is 0 Å². The number of aliphatic hydroxyl groups excluding tert-OH is 1. The maximum atomic E-state index is 10.2. The van der Waals surface area contributed by atoms with Crippen LogP contribution in [-0.4, -0.2) is 23.2 Å². The third-order valence-electron chi connectivity index (χ3n) is 2.35. The van der Waals surface area contributed by atoms with Crippen LogP contribution in [0.25, 0.3) is 0 Å². The number of nitrogens with zero attached hydrogens (tertiary/aromatic N) is 1. The Balaban J connectivity index is 2.43. The maximum absolute atomic E-state index is 10.2. The topological polar surface area (TPSA) is 63.4 Å². The van der Waals surface area contributed by atoms with Gasteiger partial charge in [0.15, 0.2) is 0 Å². The molecule has 0 aromatic heterocycles. The van der Waals surface area contributed by atoms with Crippen LogP contribution >= 0.6 is 0 Å². The molecule has 0 unspecified atom stereocenters. The lowest BCUT2D eigenvalue weighted by Crippen LogP contribution is -2.14. The van der Waals surface area contributed by atoms with E-state index in [1.54, 1.807) is 0 Å². The molecule has 1 N–H and O–H groups in total. The second-order valence-electron chi connectivity index (χ2n) is 3.58. The molecule has 0 saturated carbocycles. The summed E-state index contributed by atoms with van der Waals surface area (Å²) in [5, 5.41) is 19.3. The van der Waals surface area contributed by atoms with Gasteiger partial charge in [0.1, 0.15) is 0 Å². The Labute approximate surface area is 88.7 Å². The monoisotopic (exact) mass is 209 g/mol. The molecule has 0 radical (unpaired) electrons. The molecular formula is C11H15NO3. The molecule has 1 rings (SSSR count). The average molecular weight is 209 g/mol. The van der Waals surface area contributed by atoms with Gasteiger partial charge in [-0.2, -0.15) is 0 Å². The van der Waals surface area contributed by atoms with E-state index in [-0.39, 0.29) is 24.0 Å². The van der Waals surface area contributed by atoms with Crippen molar-refractivity contribution in [2.45, 2.75) is 12.8 Å². The van der Waals surface area contributed by atoms with Crippen molar-refractivity contribution < 1.29 is 10.0 Å². The Bertz CT molecular complexity index is 300. The summed E-state index contributed by atoms with van der Waals surface area (Å²) in [7, 11) is 0. The Morgan fingerprint density at radius 1 is 1.33 bits per heavy atom. The molecule has 0 fully saturated rings. The minimum absolute atomic E-state index is 0.00271. The summed E-state index contributed by atoms with van der Waals surface area (Å²) in [5.74, 6) is -0.0159. The van der Waals surface area contributed by atoms with Crippen molar-refractivity contribution in [3.05, 3.63) is 46.0 Å². The average Bonchev–Trinajstić information content (AvgIpc) is 2.25. The van der Waals surface area contributed by atoms with Crippen molar-refractivity contribution in [2.75, 3.05) is 13.2 Å². The fourth-order valence-corrected chi connectivity index (χ4v) is 1.49. The summed E-state index contributed by atoms with van der Waals surface area (Å²) in [6.07, 6.45) is 1.13. The highest BCUT2D eigenvalue weighted by atomic mass is 16.6. The van der Waals surface area contributed by atoms with Crippen molar-refractivity contribution in [2.24, 2.45) is 5.92 Å². The summed E-state index contributed by atoms with van der Waals surface area (Å²) in [4.78, 5) is 9.86. The van der Waals surface area contributed by atoms with Crippen LogP contribution in [0.2, 0.25) is 0 Å². The largest absolute Gasteiger partial charge is 0.396 e. The zero-order chi connectivity index (χ0) is 11.1. The SMILES string of the molecule is O=[N+]([O-])CC[C@@H](CO)Cc1ccccc1. The molecule has 1 atom stereocenters. The van der Waals surface area contributed by atoms with Crippen LogP contribution in [-0.2, 0) is 6.42 Å². The van der Waals surface area contributed by atoms with Gasteiger partial charge >= 0.3 is 0 Å². The fraction of sp³-hybridized carbons (Fsp3) is 0.455. The van der Waals surface area contributed by atoms with Crippen molar-refractivity contribution >= 4 is 0 Å². The molecule has 15 heavy (non-hydrogen) atoms. The third-order valence-corrected chi connectivity index (χ3v) is 2.35. The normalized spacial score (nSPS) is 12.3. The zero-order valence-electron chi connectivity index (χ0n) is 8.50. The summed E-state index contributed by atoms with van der Waals surface area (Å²) < 4.78 is 0. The van der Waals surface area contributed by atoms with Crippen LogP contribution in [0.3, 0.4) is 0 Å². The second-order valence-corrected chi connectivity index (χ2v) is 3.58. The van der Waals surface area contributed by atoms with Crippen LogP contribution < -0.4 is 0 Å². The smallest absolute Gasteiger partial charge is 0.204 e. The Kier molecular flexibility index (Phi) is 4.77. The van der Waals surface area contributed by atoms with Crippen molar-refractivity contribution in [1.82, 2.24) is 0 Å². The molecule has 0 saturated heterocycles. The first-order chi connectivity index (χ1) is 7.22. The molecule has 4 nitrogen and oxygen atoms in total. The molecule has 4 heteroatoms. The summed E-state index contributed by atoms with van der Waals surface area (Å²) in [5.41, 5.74) is 1.11. The highest BCUT2D eigenvalue weighted by Crippen LogP contribution is 2.11. The van der Waals surface area contributed by atoms with Crippen molar-refractivity contribution in [1.29, 1.82) is 0 Å². The molecule has 0 aliphatic carbocycles. The zero-order valence-corrected chi connectivity index (χ0v) is 8.50. The van der Waals surface area contributed by atoms with Crippen LogP contribution in [0.1, 0.15) is 12.0 Å². The Morgan fingerprint density at radius 2 is 2.00 bits per heavy atom. The van der Waals surface area contributed by atoms with E-state index in [1.165, 1.54) is 0 Å². The van der Waals surface area contributed by atoms with E-state index in [0.717, 1.165) is 5.56 Å². The first kappa shape index (κ1) is 11.7. The molecule has 0 heterocycles. The van der Waals surface area contributed by atoms with E-state index in [9.17, 15) is 10.1 Å². The number of hydrogen-bond acceptors (Lipinski definition) is 3. The lowest BCUT2D eigenvalue weighted by Gasteiger charge is -2.11. The van der Waals surface area contributed by atoms with Gasteiger partial charge in [-0.05, 0) is 17.9 Å². The lowest BCUT2D eigenvalue weighted by molar-refractivity contribution is -0.481. The first-order valence-electron chi connectivity index (χ1n) is 4.99. The highest BCUT2D eigenvalue weighted by Gasteiger charge is 2.11. The fourth-order valence-electron chi connectivity index (χ4n) is 1.49. The predicted molar refractivity (Wildman–Crippen MR) is 57.2 cm³/mol. The van der Waals surface area contributed by atoms with Gasteiger partial charge in [-0.15, -0.1) is 0 Å². The standard InChI is InChI=1S/C11H15NO3/c13-9-11(6-7-12(14)15)8-10-4-2-1-3-5-10/h1-5,11,13H,6-9H2/t11-/m1/s1. The van der Waals surface area contributed by atoms with Gasteiger partial charge in [0, 0.05) is 18.0 Å². The molecule has 0 bridgehead atoms. The van der Waals surface area contributed by atoms with E-state index < -0.39 is 0 Å². The van der Waals surface area contributed by atoms with Crippen LogP contribution in [0, 0.1) is 16.0 Å². The van der Waals surface area contributed by atoms with E-state index >= 15 is 0 Å². The number of aliphatic hydroxyl groups is 1. The molecule has 1 aromatic rings. The van der Waals surface area contributed by atoms with E-state index in [4.69, 9.17) is 5.11 Å². The van der Waals surface area contributed by atoms with Crippen molar-refractivity contribution in [3.63, 3.8) is 0 Å². The molecule has 0 spiro atoms. The van der Waals surface area contributed by atoms with Crippen LogP contribution in [0.5, 0.6) is 0 Å². The van der Waals surface area contributed by atoms with Gasteiger partial charge in [-0.25, -0.2) is 0 Å². The number of hydrogen-bond donors (Lipinski definition) is 1. The summed E-state index contributed by atoms with van der Waals surface area (Å²) in [6.45, 7) is -0.0687. The molecular weight excluding hydrogens is 194 g/mol. The molecule has 0 aliphatic heterocycles. The summed E-state index contributed by atoms with van der Waals surface area (Å²) in [6, 6.07) is 9.71. The Morgan fingerprint density at radius 3 is 2.53 bits per heavy atom. The predicted octanol–water partition coefficient (Wildman–Crippen LogP) is 1.50. The number of rotatable bonds is 6. The molecule has 82 valence electrons. The van der Waals surface area contributed by atoms with Gasteiger partial charge in [-0.3, -0.25) is 10.1 Å². The molecule has 1 aromatic carbocycles. The van der Waals surface area contributed by atoms with E-state index in [1.807, 2.05) is 30.3 Å². The minimum atomic E-state index is -0.340. The quantitative estimate of drug-likeness (QED) is 0.570. The van der Waals surface area contributed by atoms with Gasteiger partial charge in [0.25, 0.3) is 0 Å². The maximum Gasteiger partial charge on any atom is 0.204 e. The van der Waals surface area contributed by atoms with Gasteiger partial charge < -0.3 is 5.11 Å². The summed E-state index contributed by atoms with van der Waals surface area (Å²) >= 11 is 0. The van der Waals surface area contributed by atoms with E-state index in [0.29, 0.717) is 12.8 Å². The second kappa shape index (κ2) is 6.14. The number of nitro groups is 1. The van der Waals surface area contributed by atoms with E-state index in [2.05, 4.69) is 0 Å². The highest BCUT2D eigenvalue weighted by molar-refractivity contribution is 5.15. The van der Waals surface area contributed by atoms with Gasteiger partial charge in [0.2, 0.25) is 6.54 Å². The van der Waals surface area contributed by atoms with Gasteiger partial charge in [-0.1, -0.05) is 30.3 Å². The van der Waals surface area contributed by atoms with Gasteiger partial charge in [0.05, 0.1) is 0 Å². The third kappa shape index (κ3) is 4.56. The Hall–Kier alpha value is -1.42. The molecule has 0 amide bonds. The number of benzene rings is 1. The molecule has 0 aliphatic rings. The minimum Gasteiger partial charge on any atom is -0.396 e. The first-order valence-corrected chi connectivity index (χ1v) is 4.99. The van der Waals surface area contributed by atoms with Crippen LogP contribution in [0.15, 0.2) is 30.3 Å². The lowest BCUT2D eigenvalue weighted by atomic mass is 9.97. The van der Waals surface area contributed by atoms with Crippen molar-refractivity contribution in [3.8, 4) is 0 Å².